The average molecular weight is 314 g/mol. The van der Waals surface area contributed by atoms with Crippen molar-refractivity contribution in [3.63, 3.8) is 0 Å². The van der Waals surface area contributed by atoms with E-state index in [0.29, 0.717) is 25.4 Å². The highest BCUT2D eigenvalue weighted by Crippen LogP contribution is 2.24. The van der Waals surface area contributed by atoms with E-state index in [-0.39, 0.29) is 17.4 Å². The van der Waals surface area contributed by atoms with Crippen LogP contribution in [0, 0.1) is 0 Å². The quantitative estimate of drug-likeness (QED) is 0.923. The molecule has 1 saturated heterocycles. The third-order valence-electron chi connectivity index (χ3n) is 4.04. The van der Waals surface area contributed by atoms with E-state index in [9.17, 15) is 4.79 Å². The first kappa shape index (κ1) is 15.7. The van der Waals surface area contributed by atoms with Crippen molar-refractivity contribution in [2.45, 2.75) is 32.3 Å². The molecule has 1 N–H and O–H groups in total. The van der Waals surface area contributed by atoms with Gasteiger partial charge in [0.2, 0.25) is 0 Å². The van der Waals surface area contributed by atoms with Crippen LogP contribution >= 0.6 is 0 Å². The Morgan fingerprint density at radius 1 is 1.35 bits per heavy atom. The number of nitrogens with zero attached hydrogens (tertiary/aromatic N) is 3. The number of carbonyl (C=O) groups is 1. The summed E-state index contributed by atoms with van der Waals surface area (Å²) in [5.41, 5.74) is 2.40. The minimum absolute atomic E-state index is 0.0564. The molecule has 0 radical (unpaired) electrons. The van der Waals surface area contributed by atoms with Crippen molar-refractivity contribution in [1.82, 2.24) is 20.1 Å². The van der Waals surface area contributed by atoms with Crippen molar-refractivity contribution in [3.05, 3.63) is 47.5 Å². The Balaban J connectivity index is 1.73. The van der Waals surface area contributed by atoms with Gasteiger partial charge in [0.25, 0.3) is 5.91 Å². The second kappa shape index (κ2) is 6.12. The maximum absolute atomic E-state index is 12.7. The number of aromatic nitrogens is 3. The summed E-state index contributed by atoms with van der Waals surface area (Å²) >= 11 is 0. The third-order valence-corrected chi connectivity index (χ3v) is 4.04. The van der Waals surface area contributed by atoms with E-state index in [2.05, 4.69) is 36.0 Å². The molecule has 0 aliphatic carbocycles. The van der Waals surface area contributed by atoms with E-state index in [1.165, 1.54) is 0 Å². The molecule has 1 unspecified atom stereocenters. The summed E-state index contributed by atoms with van der Waals surface area (Å²) in [6.45, 7) is 7.89. The maximum Gasteiger partial charge on any atom is 0.274 e. The van der Waals surface area contributed by atoms with Crippen LogP contribution in [0.25, 0.3) is 0 Å². The predicted molar refractivity (Wildman–Crippen MR) is 86.1 cm³/mol. The van der Waals surface area contributed by atoms with E-state index < -0.39 is 0 Å². The van der Waals surface area contributed by atoms with Gasteiger partial charge in [0.15, 0.2) is 0 Å². The average Bonchev–Trinajstić information content (AvgIpc) is 3.05. The topological polar surface area (TPSA) is 71.1 Å². The van der Waals surface area contributed by atoms with Gasteiger partial charge in [-0.05, 0) is 23.8 Å². The predicted octanol–water partition coefficient (Wildman–Crippen LogP) is 2.32. The number of H-pyrrole nitrogens is 1. The lowest BCUT2D eigenvalue weighted by molar-refractivity contribution is -0.0230. The summed E-state index contributed by atoms with van der Waals surface area (Å²) in [7, 11) is 0. The molecule has 1 aliphatic heterocycles. The molecule has 122 valence electrons. The molecule has 2 aromatic rings. The highest BCUT2D eigenvalue weighted by atomic mass is 16.5. The molecule has 6 heteroatoms. The zero-order chi connectivity index (χ0) is 16.4. The maximum atomic E-state index is 12.7. The van der Waals surface area contributed by atoms with Crippen molar-refractivity contribution < 1.29 is 9.53 Å². The molecule has 6 nitrogen and oxygen atoms in total. The van der Waals surface area contributed by atoms with Gasteiger partial charge in [-0.25, -0.2) is 0 Å². The lowest BCUT2D eigenvalue weighted by Gasteiger charge is -2.32. The fraction of sp³-hybridized carbons (Fsp3) is 0.471. The number of hydrogen-bond donors (Lipinski definition) is 1. The van der Waals surface area contributed by atoms with Crippen LogP contribution in [0.2, 0.25) is 0 Å². The summed E-state index contributed by atoms with van der Waals surface area (Å²) < 4.78 is 5.79. The van der Waals surface area contributed by atoms with Gasteiger partial charge >= 0.3 is 0 Å². The number of carbonyl (C=O) groups excluding carboxylic acids is 1. The Morgan fingerprint density at radius 2 is 2.09 bits per heavy atom. The van der Waals surface area contributed by atoms with Gasteiger partial charge < -0.3 is 9.64 Å². The number of rotatable bonds is 2. The van der Waals surface area contributed by atoms with E-state index in [0.717, 1.165) is 11.3 Å². The Labute approximate surface area is 135 Å². The zero-order valence-electron chi connectivity index (χ0n) is 13.7. The van der Waals surface area contributed by atoms with Crippen LogP contribution in [0.1, 0.15) is 48.6 Å². The highest BCUT2D eigenvalue weighted by molar-refractivity contribution is 5.92. The number of aromatic amines is 1. The second-order valence-corrected chi connectivity index (χ2v) is 6.81. The molecule has 1 fully saturated rings. The van der Waals surface area contributed by atoms with Crippen molar-refractivity contribution in [2.24, 2.45) is 0 Å². The molecule has 0 spiro atoms. The van der Waals surface area contributed by atoms with Crippen LogP contribution in [0.15, 0.2) is 30.6 Å². The lowest BCUT2D eigenvalue weighted by Crippen LogP contribution is -2.42. The van der Waals surface area contributed by atoms with Gasteiger partial charge in [0, 0.05) is 30.0 Å². The molecule has 3 heterocycles. The standard InChI is InChI=1S/C17H22N4O2/c1-17(2,3)15-10-13(19-20-15)16(22)21-8-9-23-14(11-21)12-4-6-18-7-5-12/h4-7,10,14H,8-9,11H2,1-3H3,(H,19,20). The highest BCUT2D eigenvalue weighted by Gasteiger charge is 2.28. The number of morpholine rings is 1. The molecule has 3 rings (SSSR count). The minimum atomic E-state index is -0.114. The smallest absolute Gasteiger partial charge is 0.274 e. The monoisotopic (exact) mass is 314 g/mol. The van der Waals surface area contributed by atoms with Gasteiger partial charge in [0.05, 0.1) is 13.2 Å². The molecule has 0 saturated carbocycles. The number of amides is 1. The number of ether oxygens (including phenoxy) is 1. The SMILES string of the molecule is CC(C)(C)c1cc(C(=O)N2CCOC(c3ccncc3)C2)n[nH]1. The molecule has 1 aliphatic rings. The fourth-order valence-electron chi connectivity index (χ4n) is 2.59. The number of pyridine rings is 1. The van der Waals surface area contributed by atoms with Crippen LogP contribution in [-0.4, -0.2) is 45.7 Å². The van der Waals surface area contributed by atoms with Crippen LogP contribution in [-0.2, 0) is 10.2 Å². The molecule has 2 aromatic heterocycles. The van der Waals surface area contributed by atoms with Crippen molar-refractivity contribution >= 4 is 5.91 Å². The largest absolute Gasteiger partial charge is 0.370 e. The Morgan fingerprint density at radius 3 is 2.74 bits per heavy atom. The second-order valence-electron chi connectivity index (χ2n) is 6.81. The Hall–Kier alpha value is -2.21. The van der Waals surface area contributed by atoms with Crippen LogP contribution in [0.4, 0.5) is 0 Å². The van der Waals surface area contributed by atoms with Crippen molar-refractivity contribution in [1.29, 1.82) is 0 Å². The van der Waals surface area contributed by atoms with E-state index in [1.807, 2.05) is 18.2 Å². The molecular formula is C17H22N4O2. The Kier molecular flexibility index (Phi) is 4.17. The first-order valence-corrected chi connectivity index (χ1v) is 7.82. The summed E-state index contributed by atoms with van der Waals surface area (Å²) in [6.07, 6.45) is 3.36. The van der Waals surface area contributed by atoms with Gasteiger partial charge in [0.1, 0.15) is 11.8 Å². The zero-order valence-corrected chi connectivity index (χ0v) is 13.7. The molecule has 1 amide bonds. The Bertz CT molecular complexity index is 675. The van der Waals surface area contributed by atoms with Crippen LogP contribution in [0.3, 0.4) is 0 Å². The minimum Gasteiger partial charge on any atom is -0.370 e. The molecular weight excluding hydrogens is 292 g/mol. The van der Waals surface area contributed by atoms with Crippen molar-refractivity contribution in [3.8, 4) is 0 Å². The van der Waals surface area contributed by atoms with Gasteiger partial charge in [-0.2, -0.15) is 5.10 Å². The van der Waals surface area contributed by atoms with E-state index >= 15 is 0 Å². The first-order chi connectivity index (χ1) is 10.9. The van der Waals surface area contributed by atoms with E-state index in [1.54, 1.807) is 17.3 Å². The normalized spacial score (nSPS) is 18.9. The summed E-state index contributed by atoms with van der Waals surface area (Å²) in [5.74, 6) is -0.0564. The molecule has 0 aromatic carbocycles. The van der Waals surface area contributed by atoms with Crippen LogP contribution in [0.5, 0.6) is 0 Å². The number of hydrogen-bond acceptors (Lipinski definition) is 4. The van der Waals surface area contributed by atoms with Crippen molar-refractivity contribution in [2.75, 3.05) is 19.7 Å². The lowest BCUT2D eigenvalue weighted by atomic mass is 9.92. The fourth-order valence-corrected chi connectivity index (χ4v) is 2.59. The van der Waals surface area contributed by atoms with Gasteiger partial charge in [-0.15, -0.1) is 0 Å². The molecule has 1 atom stereocenters. The summed E-state index contributed by atoms with van der Waals surface area (Å²) in [5, 5.41) is 7.16. The van der Waals surface area contributed by atoms with Gasteiger partial charge in [-0.1, -0.05) is 20.8 Å². The first-order valence-electron chi connectivity index (χ1n) is 7.82. The number of nitrogens with one attached hydrogen (secondary N) is 1. The van der Waals surface area contributed by atoms with Crippen LogP contribution < -0.4 is 0 Å². The summed E-state index contributed by atoms with van der Waals surface area (Å²) in [4.78, 5) is 18.5. The third kappa shape index (κ3) is 3.42. The summed E-state index contributed by atoms with van der Waals surface area (Å²) in [6, 6.07) is 5.69. The molecule has 0 bridgehead atoms. The van der Waals surface area contributed by atoms with E-state index in [4.69, 9.17) is 4.74 Å². The van der Waals surface area contributed by atoms with Gasteiger partial charge in [-0.3, -0.25) is 14.9 Å². The molecule has 23 heavy (non-hydrogen) atoms.